The quantitative estimate of drug-likeness (QED) is 0.425. The molecule has 7 heteroatoms. The molecule has 0 aliphatic heterocycles. The molecule has 0 saturated heterocycles. The van der Waals surface area contributed by atoms with Crippen LogP contribution >= 0.6 is 0 Å². The largest absolute Gasteiger partial charge is 0.493 e. The lowest BCUT2D eigenvalue weighted by molar-refractivity contribution is 0.0934. The van der Waals surface area contributed by atoms with Gasteiger partial charge >= 0.3 is 0 Å². The van der Waals surface area contributed by atoms with Crippen molar-refractivity contribution in [3.63, 3.8) is 0 Å². The van der Waals surface area contributed by atoms with Crippen LogP contribution in [0.25, 0.3) is 16.8 Å². The molecule has 6 nitrogen and oxygen atoms in total. The molecule has 168 valence electrons. The predicted octanol–water partition coefficient (Wildman–Crippen LogP) is 5.19. The van der Waals surface area contributed by atoms with Gasteiger partial charge in [-0.15, -0.1) is 0 Å². The summed E-state index contributed by atoms with van der Waals surface area (Å²) in [5.41, 5.74) is 2.77. The van der Waals surface area contributed by atoms with Gasteiger partial charge < -0.3 is 14.8 Å². The van der Waals surface area contributed by atoms with E-state index in [1.54, 1.807) is 62.4 Å². The predicted molar refractivity (Wildman–Crippen MR) is 124 cm³/mol. The van der Waals surface area contributed by atoms with Crippen LogP contribution in [-0.4, -0.2) is 29.9 Å². The molecule has 4 aromatic rings. The maximum Gasteiger partial charge on any atom is 0.272 e. The summed E-state index contributed by atoms with van der Waals surface area (Å²) >= 11 is 0. The van der Waals surface area contributed by atoms with Gasteiger partial charge in [0.05, 0.1) is 25.9 Å². The van der Waals surface area contributed by atoms with Crippen LogP contribution in [0.15, 0.2) is 79.0 Å². The lowest BCUT2D eigenvalue weighted by atomic mass is 10.0. The number of para-hydroxylation sites is 1. The fourth-order valence-electron chi connectivity index (χ4n) is 3.64. The molecule has 0 fully saturated rings. The maximum absolute atomic E-state index is 14.2. The van der Waals surface area contributed by atoms with Crippen molar-refractivity contribution in [1.82, 2.24) is 15.1 Å². The van der Waals surface area contributed by atoms with Gasteiger partial charge in [-0.3, -0.25) is 4.79 Å². The minimum Gasteiger partial charge on any atom is -0.493 e. The smallest absolute Gasteiger partial charge is 0.272 e. The Bertz CT molecular complexity index is 1270. The van der Waals surface area contributed by atoms with Crippen molar-refractivity contribution in [3.05, 3.63) is 96.1 Å². The van der Waals surface area contributed by atoms with Crippen molar-refractivity contribution in [1.29, 1.82) is 0 Å². The molecule has 1 aromatic heterocycles. The van der Waals surface area contributed by atoms with Crippen LogP contribution in [0.1, 0.15) is 29.0 Å². The average molecular weight is 445 g/mol. The van der Waals surface area contributed by atoms with E-state index in [1.165, 1.54) is 6.07 Å². The molecule has 0 bridgehead atoms. The number of hydrogen-bond acceptors (Lipinski definition) is 4. The molecule has 4 rings (SSSR count). The molecule has 0 radical (unpaired) electrons. The molecular weight excluding hydrogens is 421 g/mol. The second kappa shape index (κ2) is 9.56. The van der Waals surface area contributed by atoms with E-state index in [0.29, 0.717) is 22.6 Å². The molecule has 0 spiro atoms. The number of nitrogens with zero attached hydrogens (tertiary/aromatic N) is 2. The SMILES string of the molecule is COc1ccc(-c2cn(-c3ccccc3)nc2C(=O)NC(C)c2ccccc2F)cc1OC. The van der Waals surface area contributed by atoms with E-state index in [0.717, 1.165) is 11.3 Å². The van der Waals surface area contributed by atoms with Crippen molar-refractivity contribution < 1.29 is 18.7 Å². The number of amides is 1. The molecule has 0 saturated carbocycles. The summed E-state index contributed by atoms with van der Waals surface area (Å²) in [4.78, 5) is 13.3. The number of nitrogens with one attached hydrogen (secondary N) is 1. The number of carbonyl (C=O) groups is 1. The minimum absolute atomic E-state index is 0.217. The van der Waals surface area contributed by atoms with Gasteiger partial charge in [-0.25, -0.2) is 9.07 Å². The second-order valence-electron chi connectivity index (χ2n) is 7.46. The fourth-order valence-corrected chi connectivity index (χ4v) is 3.64. The first-order valence-corrected chi connectivity index (χ1v) is 10.4. The number of halogens is 1. The Morgan fingerprint density at radius 1 is 0.970 bits per heavy atom. The molecule has 1 amide bonds. The standard InChI is InChI=1S/C26H24FN3O3/c1-17(20-11-7-8-12-22(20)27)28-26(31)25-21(16-30(29-25)19-9-5-4-6-10-19)18-13-14-23(32-2)24(15-18)33-3/h4-17H,1-3H3,(H,28,31). The van der Waals surface area contributed by atoms with E-state index in [9.17, 15) is 9.18 Å². The first-order chi connectivity index (χ1) is 16.0. The third-order valence-electron chi connectivity index (χ3n) is 5.36. The summed E-state index contributed by atoms with van der Waals surface area (Å²) in [5.74, 6) is 0.329. The van der Waals surface area contributed by atoms with Crippen LogP contribution < -0.4 is 14.8 Å². The van der Waals surface area contributed by atoms with Gasteiger partial charge in [-0.1, -0.05) is 42.5 Å². The molecular formula is C26H24FN3O3. The monoisotopic (exact) mass is 445 g/mol. The summed E-state index contributed by atoms with van der Waals surface area (Å²) in [5, 5.41) is 7.43. The Morgan fingerprint density at radius 2 is 1.67 bits per heavy atom. The first-order valence-electron chi connectivity index (χ1n) is 10.4. The molecule has 0 aliphatic rings. The summed E-state index contributed by atoms with van der Waals surface area (Å²) in [6.07, 6.45) is 1.79. The van der Waals surface area contributed by atoms with Crippen LogP contribution in [0.4, 0.5) is 4.39 Å². The number of methoxy groups -OCH3 is 2. The zero-order valence-electron chi connectivity index (χ0n) is 18.6. The van der Waals surface area contributed by atoms with Gasteiger partial charge in [-0.05, 0) is 42.8 Å². The fraction of sp³-hybridized carbons (Fsp3) is 0.154. The van der Waals surface area contributed by atoms with Gasteiger partial charge in [0.1, 0.15) is 5.82 Å². The normalized spacial score (nSPS) is 11.6. The van der Waals surface area contributed by atoms with E-state index >= 15 is 0 Å². The Kier molecular flexibility index (Phi) is 6.40. The highest BCUT2D eigenvalue weighted by Gasteiger charge is 2.22. The molecule has 1 heterocycles. The number of carbonyl (C=O) groups excluding carboxylic acids is 1. The van der Waals surface area contributed by atoms with Crippen molar-refractivity contribution >= 4 is 5.91 Å². The summed E-state index contributed by atoms with van der Waals surface area (Å²) in [6.45, 7) is 1.74. The molecule has 0 aliphatic carbocycles. The van der Waals surface area contributed by atoms with Crippen LogP contribution in [0.3, 0.4) is 0 Å². The van der Waals surface area contributed by atoms with Crippen molar-refractivity contribution in [2.24, 2.45) is 0 Å². The molecule has 33 heavy (non-hydrogen) atoms. The number of rotatable bonds is 7. The highest BCUT2D eigenvalue weighted by molar-refractivity contribution is 5.99. The van der Waals surface area contributed by atoms with E-state index in [1.807, 2.05) is 36.4 Å². The number of hydrogen-bond donors (Lipinski definition) is 1. The van der Waals surface area contributed by atoms with Crippen LogP contribution in [-0.2, 0) is 0 Å². The van der Waals surface area contributed by atoms with Crippen molar-refractivity contribution in [3.8, 4) is 28.3 Å². The summed E-state index contributed by atoms with van der Waals surface area (Å²) in [6, 6.07) is 20.7. The lowest BCUT2D eigenvalue weighted by Gasteiger charge is -2.15. The van der Waals surface area contributed by atoms with Gasteiger partial charge in [0.2, 0.25) is 0 Å². The maximum atomic E-state index is 14.2. The van der Waals surface area contributed by atoms with Crippen molar-refractivity contribution in [2.45, 2.75) is 13.0 Å². The summed E-state index contributed by atoms with van der Waals surface area (Å²) < 4.78 is 26.6. The Hall–Kier alpha value is -4.13. The number of ether oxygens (including phenoxy) is 2. The van der Waals surface area contributed by atoms with Gasteiger partial charge in [0, 0.05) is 17.3 Å². The molecule has 1 atom stereocenters. The second-order valence-corrected chi connectivity index (χ2v) is 7.46. The van der Waals surface area contributed by atoms with E-state index in [4.69, 9.17) is 9.47 Å². The zero-order valence-corrected chi connectivity index (χ0v) is 18.6. The Morgan fingerprint density at radius 3 is 2.36 bits per heavy atom. The lowest BCUT2D eigenvalue weighted by Crippen LogP contribution is -2.28. The number of aromatic nitrogens is 2. The van der Waals surface area contributed by atoms with Crippen LogP contribution in [0.2, 0.25) is 0 Å². The molecule has 1 unspecified atom stereocenters. The third-order valence-corrected chi connectivity index (χ3v) is 5.36. The van der Waals surface area contributed by atoms with Crippen LogP contribution in [0.5, 0.6) is 11.5 Å². The average Bonchev–Trinajstić information content (AvgIpc) is 3.30. The van der Waals surface area contributed by atoms with Gasteiger partial charge in [0.25, 0.3) is 5.91 Å². The Balaban J connectivity index is 1.75. The first kappa shape index (κ1) is 22.1. The highest BCUT2D eigenvalue weighted by Crippen LogP contribution is 2.34. The molecule has 1 N–H and O–H groups in total. The Labute approximate surface area is 191 Å². The zero-order chi connectivity index (χ0) is 23.4. The van der Waals surface area contributed by atoms with E-state index in [-0.39, 0.29) is 11.5 Å². The molecule has 3 aromatic carbocycles. The highest BCUT2D eigenvalue weighted by atomic mass is 19.1. The minimum atomic E-state index is -0.543. The van der Waals surface area contributed by atoms with Crippen molar-refractivity contribution in [2.75, 3.05) is 14.2 Å². The number of benzene rings is 3. The summed E-state index contributed by atoms with van der Waals surface area (Å²) in [7, 11) is 3.12. The van der Waals surface area contributed by atoms with E-state index in [2.05, 4.69) is 10.4 Å². The van der Waals surface area contributed by atoms with Crippen LogP contribution in [0, 0.1) is 5.82 Å². The topological polar surface area (TPSA) is 65.4 Å². The van der Waals surface area contributed by atoms with Gasteiger partial charge in [-0.2, -0.15) is 5.10 Å². The third kappa shape index (κ3) is 4.57. The van der Waals surface area contributed by atoms with E-state index < -0.39 is 11.9 Å². The van der Waals surface area contributed by atoms with Gasteiger partial charge in [0.15, 0.2) is 17.2 Å².